The predicted octanol–water partition coefficient (Wildman–Crippen LogP) is -2.55. The number of carbonyl (C=O) groups is 3. The van der Waals surface area contributed by atoms with Crippen LogP contribution < -0.4 is 39.8 Å². The molecule has 0 spiro atoms. The molecule has 1 aromatic heterocycles. The molecule has 3 heterocycles. The lowest BCUT2D eigenvalue weighted by Crippen LogP contribution is -3.00. The lowest BCUT2D eigenvalue weighted by atomic mass is 9.71. The Balaban J connectivity index is 0.00000500. The van der Waals surface area contributed by atoms with Crippen LogP contribution in [0.1, 0.15) is 17.8 Å². The second kappa shape index (κ2) is 15.9. The summed E-state index contributed by atoms with van der Waals surface area (Å²) in [5.74, 6) is -1.39. The number of esters is 1. The first kappa shape index (κ1) is 36.7. The lowest BCUT2D eigenvalue weighted by Gasteiger charge is -2.46. The number of aliphatic hydroxyl groups is 2. The van der Waals surface area contributed by atoms with Crippen molar-refractivity contribution in [2.75, 3.05) is 52.4 Å². The number of hydrogen-bond donors (Lipinski definition) is 4. The molecule has 2 unspecified atom stereocenters. The number of oxime groups is 1. The zero-order valence-corrected chi connectivity index (χ0v) is 29.8. The van der Waals surface area contributed by atoms with Gasteiger partial charge in [-0.1, -0.05) is 23.4 Å². The molecule has 1 amide bonds. The fourth-order valence-corrected chi connectivity index (χ4v) is 7.70. The molecule has 1 saturated carbocycles. The van der Waals surface area contributed by atoms with E-state index in [0.29, 0.717) is 47.6 Å². The molecule has 2 aromatic rings. The summed E-state index contributed by atoms with van der Waals surface area (Å²) in [6.45, 7) is 1.65. The van der Waals surface area contributed by atoms with Gasteiger partial charge >= 0.3 is 5.97 Å². The van der Waals surface area contributed by atoms with Gasteiger partial charge < -0.3 is 64.0 Å². The highest BCUT2D eigenvalue weighted by molar-refractivity contribution is 8.00. The number of aliphatic hydroxyl groups excluding tert-OH is 2. The van der Waals surface area contributed by atoms with Crippen LogP contribution in [0.4, 0.5) is 5.13 Å². The first-order valence-electron chi connectivity index (χ1n) is 14.6. The molecule has 2 fully saturated rings. The normalized spacial score (nSPS) is 27.4. The molecule has 5 rings (SSSR count). The molecule has 6 atom stereocenters. The van der Waals surface area contributed by atoms with E-state index in [2.05, 4.69) is 19.8 Å². The number of Topliss-reactive ketones (excluding diaryl/α,β-unsaturated/α-hetero) is 1. The van der Waals surface area contributed by atoms with Gasteiger partial charge in [0.15, 0.2) is 10.9 Å². The molecule has 254 valence electrons. The van der Waals surface area contributed by atoms with Crippen LogP contribution >= 0.6 is 23.3 Å². The smallest absolute Gasteiger partial charge is 0.335 e. The topological polar surface area (TPSA) is 196 Å². The number of fused-ring (bicyclic) bond motifs is 1. The summed E-state index contributed by atoms with van der Waals surface area (Å²) < 4.78 is 15.4. The molecule has 0 bridgehead atoms. The molecular weight excluding hydrogens is 763 g/mol. The molecule has 2 aliphatic heterocycles. The predicted molar refractivity (Wildman–Crippen MR) is 171 cm³/mol. The SMILES string of the molecule is CO/N=C(\C(=O)N[C@@H]1C(=O)C2C(C(=O)OCc3ccc(OC)cc3)=C(/C=C/C[N+]3(C)CC[C@@H](O)[C@H](O)C3)CS[C@@H]21)c1nsc(N)n1.[I-]. The van der Waals surface area contributed by atoms with Crippen LogP contribution in [-0.2, 0) is 30.6 Å². The number of aromatic nitrogens is 2. The zero-order valence-electron chi connectivity index (χ0n) is 26.0. The number of thioether (sulfide) groups is 1. The Bertz CT molecular complexity index is 1570. The van der Waals surface area contributed by atoms with Gasteiger partial charge in [0.1, 0.15) is 38.2 Å². The van der Waals surface area contributed by atoms with Crippen molar-refractivity contribution in [1.82, 2.24) is 14.7 Å². The highest BCUT2D eigenvalue weighted by Gasteiger charge is 2.56. The summed E-state index contributed by atoms with van der Waals surface area (Å²) in [5.41, 5.74) is 7.12. The standard InChI is InChI=1S/C30H36N6O8S2.HI/c1-36(12-10-19(37)20(38)13-36)11-4-5-17-15-45-26-22(21(17)29(41)44-14-16-6-8-18(42-2)9-7-16)25(39)23(26)32-28(40)24(34-43-3)27-33-30(31)46-35-27;/h4-9,19-20,22-23,26,37-38H,10-15H2,1-3H3,(H2-,31,32,33,35,40);1H/b5-4+,34-24-;/t19-,20-,22?,23-,26+,36?;/m1./s1. The van der Waals surface area contributed by atoms with Crippen LogP contribution in [0.2, 0.25) is 0 Å². The van der Waals surface area contributed by atoms with E-state index < -0.39 is 41.3 Å². The van der Waals surface area contributed by atoms with E-state index in [1.807, 2.05) is 19.2 Å². The molecule has 47 heavy (non-hydrogen) atoms. The Morgan fingerprint density at radius 1 is 1.21 bits per heavy atom. The number of carbonyl (C=O) groups excluding carboxylic acids is 3. The average Bonchev–Trinajstić information content (AvgIpc) is 3.48. The maximum Gasteiger partial charge on any atom is 0.335 e. The maximum atomic E-state index is 13.6. The largest absolute Gasteiger partial charge is 1.00 e. The van der Waals surface area contributed by atoms with E-state index >= 15 is 0 Å². The number of nitrogens with two attached hydrogens (primary N) is 1. The number of anilines is 1. The number of nitrogens with one attached hydrogen (secondary N) is 1. The van der Waals surface area contributed by atoms with Crippen molar-refractivity contribution in [2.45, 2.75) is 36.5 Å². The number of nitrogen functional groups attached to an aromatic ring is 1. The van der Waals surface area contributed by atoms with Crippen molar-refractivity contribution in [2.24, 2.45) is 11.1 Å². The maximum absolute atomic E-state index is 13.6. The van der Waals surface area contributed by atoms with Crippen molar-refractivity contribution in [1.29, 1.82) is 0 Å². The van der Waals surface area contributed by atoms with Gasteiger partial charge in [0, 0.05) is 29.0 Å². The summed E-state index contributed by atoms with van der Waals surface area (Å²) in [5, 5.41) is 26.3. The van der Waals surface area contributed by atoms with Crippen LogP contribution in [0.15, 0.2) is 52.7 Å². The summed E-state index contributed by atoms with van der Waals surface area (Å²) >= 11 is 2.35. The van der Waals surface area contributed by atoms with E-state index in [0.717, 1.165) is 17.1 Å². The fraction of sp³-hybridized carbons (Fsp3) is 0.467. The third-order valence-electron chi connectivity index (χ3n) is 8.35. The molecule has 17 heteroatoms. The second-order valence-electron chi connectivity index (χ2n) is 11.6. The van der Waals surface area contributed by atoms with Gasteiger partial charge in [0.05, 0.1) is 44.8 Å². The zero-order chi connectivity index (χ0) is 33.0. The number of ketones is 1. The number of allylic oxidation sites excluding steroid dienone is 1. The Morgan fingerprint density at radius 2 is 1.96 bits per heavy atom. The monoisotopic (exact) mass is 800 g/mol. The number of quaternary nitrogens is 1. The minimum Gasteiger partial charge on any atom is -1.00 e. The molecule has 1 aliphatic carbocycles. The molecular formula is C30H37IN6O8S2. The number of halogens is 1. The summed E-state index contributed by atoms with van der Waals surface area (Å²) in [4.78, 5) is 49.2. The number of benzene rings is 1. The van der Waals surface area contributed by atoms with Crippen LogP contribution in [0.5, 0.6) is 5.75 Å². The minimum absolute atomic E-state index is 0. The number of rotatable bonds is 11. The Hall–Kier alpha value is -3.10. The number of methoxy groups -OCH3 is 1. The average molecular weight is 801 g/mol. The minimum atomic E-state index is -0.888. The second-order valence-corrected chi connectivity index (χ2v) is 13.5. The van der Waals surface area contributed by atoms with E-state index in [1.54, 1.807) is 31.4 Å². The van der Waals surface area contributed by atoms with Crippen molar-refractivity contribution >= 4 is 51.8 Å². The third kappa shape index (κ3) is 8.32. The highest BCUT2D eigenvalue weighted by Crippen LogP contribution is 2.46. The van der Waals surface area contributed by atoms with E-state index in [-0.39, 0.29) is 58.6 Å². The Labute approximate surface area is 297 Å². The van der Waals surface area contributed by atoms with Gasteiger partial charge in [-0.25, -0.2) is 4.79 Å². The fourth-order valence-electron chi connectivity index (χ4n) is 5.78. The highest BCUT2D eigenvalue weighted by atomic mass is 127. The van der Waals surface area contributed by atoms with Crippen LogP contribution in [0, 0.1) is 5.92 Å². The van der Waals surface area contributed by atoms with Crippen LogP contribution in [0.25, 0.3) is 0 Å². The van der Waals surface area contributed by atoms with Crippen LogP contribution in [-0.4, -0.2) is 118 Å². The first-order valence-corrected chi connectivity index (χ1v) is 16.4. The van der Waals surface area contributed by atoms with Crippen molar-refractivity contribution < 1.29 is 67.4 Å². The number of piperidine rings is 1. The molecule has 0 radical (unpaired) electrons. The number of likely N-dealkylation sites (N-methyl/N-ethyl adjacent to an activating group) is 1. The molecule has 5 N–H and O–H groups in total. The van der Waals surface area contributed by atoms with Crippen molar-refractivity contribution in [3.8, 4) is 5.75 Å². The quantitative estimate of drug-likeness (QED) is 0.0613. The summed E-state index contributed by atoms with van der Waals surface area (Å²) in [6.07, 6.45) is 2.72. The van der Waals surface area contributed by atoms with E-state index in [9.17, 15) is 24.6 Å². The third-order valence-corrected chi connectivity index (χ3v) is 10.3. The van der Waals surface area contributed by atoms with Crippen LogP contribution in [0.3, 0.4) is 0 Å². The first-order chi connectivity index (χ1) is 22.0. The number of ether oxygens (including phenoxy) is 2. The molecule has 1 saturated heterocycles. The number of hydrogen-bond acceptors (Lipinski definition) is 14. The van der Waals surface area contributed by atoms with Gasteiger partial charge in [-0.15, -0.1) is 0 Å². The van der Waals surface area contributed by atoms with Crippen molar-refractivity contribution in [3.05, 3.63) is 59.0 Å². The lowest BCUT2D eigenvalue weighted by molar-refractivity contribution is -0.913. The molecule has 14 nitrogen and oxygen atoms in total. The van der Waals surface area contributed by atoms with Gasteiger partial charge in [0.25, 0.3) is 5.91 Å². The Kier molecular flexibility index (Phi) is 12.4. The number of nitrogens with zero attached hydrogens (tertiary/aromatic N) is 4. The number of likely N-dealkylation sites (tertiary alicyclic amines) is 1. The van der Waals surface area contributed by atoms with Gasteiger partial charge in [-0.3, -0.25) is 9.59 Å². The Morgan fingerprint density at radius 3 is 2.60 bits per heavy atom. The summed E-state index contributed by atoms with van der Waals surface area (Å²) in [7, 11) is 4.84. The van der Waals surface area contributed by atoms with Crippen molar-refractivity contribution in [3.63, 3.8) is 0 Å². The van der Waals surface area contributed by atoms with Gasteiger partial charge in [-0.05, 0) is 29.3 Å². The molecule has 1 aromatic carbocycles. The molecule has 3 aliphatic rings. The van der Waals surface area contributed by atoms with Gasteiger partial charge in [-0.2, -0.15) is 21.1 Å². The van der Waals surface area contributed by atoms with Gasteiger partial charge in [0.2, 0.25) is 11.5 Å². The summed E-state index contributed by atoms with van der Waals surface area (Å²) in [6, 6.07) is 6.23. The van der Waals surface area contributed by atoms with E-state index in [4.69, 9.17) is 20.0 Å². The van der Waals surface area contributed by atoms with E-state index in [1.165, 1.54) is 18.9 Å². The number of amides is 1.